The van der Waals surface area contributed by atoms with Gasteiger partial charge in [0, 0.05) is 13.1 Å². The highest BCUT2D eigenvalue weighted by molar-refractivity contribution is 9.10. The van der Waals surface area contributed by atoms with E-state index in [1.807, 2.05) is 18.7 Å². The van der Waals surface area contributed by atoms with Crippen LogP contribution in [-0.4, -0.2) is 15.8 Å². The summed E-state index contributed by atoms with van der Waals surface area (Å²) in [5.74, 6) is 1.41. The third kappa shape index (κ3) is 2.74. The molecule has 1 aliphatic carbocycles. The normalized spacial score (nSPS) is 29.6. The van der Waals surface area contributed by atoms with Crippen LogP contribution in [-0.2, 0) is 13.5 Å². The van der Waals surface area contributed by atoms with Crippen LogP contribution in [0.25, 0.3) is 0 Å². The van der Waals surface area contributed by atoms with Crippen molar-refractivity contribution in [2.24, 2.45) is 24.6 Å². The predicted molar refractivity (Wildman–Crippen MR) is 73.8 cm³/mol. The fourth-order valence-electron chi connectivity index (χ4n) is 2.91. The summed E-state index contributed by atoms with van der Waals surface area (Å²) in [5, 5.41) is 4.45. The number of nitrogens with zero attached hydrogens (tertiary/aromatic N) is 2. The SMILES string of the molecule is Cc1nn(C)c(CC2CC(C)CCC2N)c1Br. The van der Waals surface area contributed by atoms with E-state index in [2.05, 4.69) is 28.0 Å². The van der Waals surface area contributed by atoms with Crippen molar-refractivity contribution in [1.82, 2.24) is 9.78 Å². The number of nitrogens with two attached hydrogens (primary N) is 1. The van der Waals surface area contributed by atoms with E-state index in [0.29, 0.717) is 12.0 Å². The van der Waals surface area contributed by atoms with Crippen molar-refractivity contribution in [3.63, 3.8) is 0 Å². The minimum absolute atomic E-state index is 0.355. The lowest BCUT2D eigenvalue weighted by atomic mass is 9.77. The lowest BCUT2D eigenvalue weighted by molar-refractivity contribution is 0.241. The summed E-state index contributed by atoms with van der Waals surface area (Å²) in [5.41, 5.74) is 8.61. The van der Waals surface area contributed by atoms with Crippen LogP contribution >= 0.6 is 15.9 Å². The standard InChI is InChI=1S/C13H22BrN3/c1-8-4-5-11(15)10(6-8)7-12-13(14)9(2)16-17(12)3/h8,10-11H,4-7,15H2,1-3H3. The molecule has 4 heteroatoms. The summed E-state index contributed by atoms with van der Waals surface area (Å²) in [4.78, 5) is 0. The third-order valence-electron chi connectivity index (χ3n) is 4.02. The Bertz CT molecular complexity index is 400. The van der Waals surface area contributed by atoms with E-state index in [0.717, 1.165) is 22.5 Å². The van der Waals surface area contributed by atoms with E-state index in [9.17, 15) is 0 Å². The Kier molecular flexibility index (Phi) is 3.93. The maximum Gasteiger partial charge on any atom is 0.0738 e. The highest BCUT2D eigenvalue weighted by Gasteiger charge is 2.27. The quantitative estimate of drug-likeness (QED) is 0.912. The molecule has 96 valence electrons. The van der Waals surface area contributed by atoms with Crippen molar-refractivity contribution in [2.75, 3.05) is 0 Å². The number of rotatable bonds is 2. The van der Waals surface area contributed by atoms with Gasteiger partial charge in [0.25, 0.3) is 0 Å². The minimum Gasteiger partial charge on any atom is -0.327 e. The molecule has 2 N–H and O–H groups in total. The van der Waals surface area contributed by atoms with Gasteiger partial charge in [0.15, 0.2) is 0 Å². The topological polar surface area (TPSA) is 43.8 Å². The molecule has 17 heavy (non-hydrogen) atoms. The van der Waals surface area contributed by atoms with Crippen molar-refractivity contribution < 1.29 is 0 Å². The first kappa shape index (κ1) is 13.1. The van der Waals surface area contributed by atoms with E-state index >= 15 is 0 Å². The molecule has 0 saturated heterocycles. The van der Waals surface area contributed by atoms with Crippen LogP contribution in [0.15, 0.2) is 4.47 Å². The van der Waals surface area contributed by atoms with Crippen LogP contribution in [0, 0.1) is 18.8 Å². The molecule has 1 heterocycles. The molecule has 0 spiro atoms. The molecule has 0 radical (unpaired) electrons. The van der Waals surface area contributed by atoms with Crippen LogP contribution in [0.2, 0.25) is 0 Å². The van der Waals surface area contributed by atoms with Gasteiger partial charge in [-0.3, -0.25) is 4.68 Å². The number of aromatic nitrogens is 2. The van der Waals surface area contributed by atoms with Gasteiger partial charge in [0.2, 0.25) is 0 Å². The molecule has 1 fully saturated rings. The number of hydrogen-bond acceptors (Lipinski definition) is 2. The van der Waals surface area contributed by atoms with Gasteiger partial charge in [0.1, 0.15) is 0 Å². The Labute approximate surface area is 112 Å². The molecule has 3 unspecified atom stereocenters. The molecule has 0 aromatic carbocycles. The van der Waals surface area contributed by atoms with Crippen molar-refractivity contribution >= 4 is 15.9 Å². The maximum absolute atomic E-state index is 6.25. The summed E-state index contributed by atoms with van der Waals surface area (Å²) >= 11 is 3.64. The van der Waals surface area contributed by atoms with Crippen LogP contribution in [0.4, 0.5) is 0 Å². The van der Waals surface area contributed by atoms with Crippen molar-refractivity contribution in [3.8, 4) is 0 Å². The molecule has 3 nitrogen and oxygen atoms in total. The lowest BCUT2D eigenvalue weighted by Gasteiger charge is -2.32. The molecular formula is C13H22BrN3. The van der Waals surface area contributed by atoms with Crippen LogP contribution in [0.1, 0.15) is 37.6 Å². The molecule has 1 aromatic heterocycles. The molecule has 0 bridgehead atoms. The Morgan fingerprint density at radius 2 is 2.18 bits per heavy atom. The average molecular weight is 300 g/mol. The zero-order valence-corrected chi connectivity index (χ0v) is 12.5. The van der Waals surface area contributed by atoms with Crippen molar-refractivity contribution in [3.05, 3.63) is 15.9 Å². The fraction of sp³-hybridized carbons (Fsp3) is 0.769. The molecular weight excluding hydrogens is 278 g/mol. The van der Waals surface area contributed by atoms with E-state index < -0.39 is 0 Å². The van der Waals surface area contributed by atoms with Gasteiger partial charge in [-0.1, -0.05) is 6.92 Å². The maximum atomic E-state index is 6.25. The summed E-state index contributed by atoms with van der Waals surface area (Å²) in [6.07, 6.45) is 4.74. The van der Waals surface area contributed by atoms with Gasteiger partial charge in [-0.05, 0) is 60.4 Å². The Hall–Kier alpha value is -0.350. The molecule has 1 aromatic rings. The second-order valence-corrected chi connectivity index (χ2v) is 6.31. The summed E-state index contributed by atoms with van der Waals surface area (Å²) in [6.45, 7) is 4.37. The highest BCUT2D eigenvalue weighted by Crippen LogP contribution is 2.32. The number of aryl methyl sites for hydroxylation is 2. The fourth-order valence-corrected chi connectivity index (χ4v) is 3.40. The van der Waals surface area contributed by atoms with Gasteiger partial charge < -0.3 is 5.73 Å². The van der Waals surface area contributed by atoms with Crippen molar-refractivity contribution in [2.45, 2.75) is 45.6 Å². The van der Waals surface area contributed by atoms with Gasteiger partial charge >= 0.3 is 0 Å². The summed E-state index contributed by atoms with van der Waals surface area (Å²) < 4.78 is 3.15. The van der Waals surface area contributed by atoms with E-state index in [1.54, 1.807) is 0 Å². The molecule has 0 aliphatic heterocycles. The first-order valence-corrected chi connectivity index (χ1v) is 7.22. The van der Waals surface area contributed by atoms with Crippen molar-refractivity contribution in [1.29, 1.82) is 0 Å². The lowest BCUT2D eigenvalue weighted by Crippen LogP contribution is -2.37. The van der Waals surface area contributed by atoms with Crippen LogP contribution < -0.4 is 5.73 Å². The molecule has 3 atom stereocenters. The minimum atomic E-state index is 0.355. The first-order chi connectivity index (χ1) is 7.99. The zero-order chi connectivity index (χ0) is 12.6. The summed E-state index contributed by atoms with van der Waals surface area (Å²) in [6, 6.07) is 0.355. The number of halogens is 1. The van der Waals surface area contributed by atoms with E-state index in [4.69, 9.17) is 5.73 Å². The highest BCUT2D eigenvalue weighted by atomic mass is 79.9. The largest absolute Gasteiger partial charge is 0.327 e. The second-order valence-electron chi connectivity index (χ2n) is 5.52. The number of hydrogen-bond donors (Lipinski definition) is 1. The molecule has 1 aliphatic rings. The van der Waals surface area contributed by atoms with Gasteiger partial charge in [-0.2, -0.15) is 5.10 Å². The average Bonchev–Trinajstić information content (AvgIpc) is 2.50. The first-order valence-electron chi connectivity index (χ1n) is 6.42. The van der Waals surface area contributed by atoms with E-state index in [-0.39, 0.29) is 0 Å². The van der Waals surface area contributed by atoms with Crippen LogP contribution in [0.3, 0.4) is 0 Å². The Morgan fingerprint density at radius 1 is 1.47 bits per heavy atom. The van der Waals surface area contributed by atoms with Crippen LogP contribution in [0.5, 0.6) is 0 Å². The van der Waals surface area contributed by atoms with Gasteiger partial charge in [-0.25, -0.2) is 0 Å². The smallest absolute Gasteiger partial charge is 0.0738 e. The Balaban J connectivity index is 2.14. The second kappa shape index (κ2) is 5.11. The Morgan fingerprint density at radius 3 is 2.76 bits per heavy atom. The summed E-state index contributed by atoms with van der Waals surface area (Å²) in [7, 11) is 2.02. The van der Waals surface area contributed by atoms with Gasteiger partial charge in [-0.15, -0.1) is 0 Å². The molecule has 2 rings (SSSR count). The third-order valence-corrected chi connectivity index (χ3v) is 5.05. The predicted octanol–water partition coefficient (Wildman–Crippen LogP) is 2.80. The van der Waals surface area contributed by atoms with Gasteiger partial charge in [0.05, 0.1) is 15.9 Å². The van der Waals surface area contributed by atoms with E-state index in [1.165, 1.54) is 25.0 Å². The monoisotopic (exact) mass is 299 g/mol. The molecule has 0 amide bonds. The zero-order valence-electron chi connectivity index (χ0n) is 10.9. The molecule has 1 saturated carbocycles.